The van der Waals surface area contributed by atoms with E-state index in [0.29, 0.717) is 6.04 Å². The van der Waals surface area contributed by atoms with E-state index < -0.39 is 0 Å². The van der Waals surface area contributed by atoms with Crippen molar-refractivity contribution in [2.75, 3.05) is 12.4 Å². The summed E-state index contributed by atoms with van der Waals surface area (Å²) in [6.07, 6.45) is 5.74. The van der Waals surface area contributed by atoms with Crippen LogP contribution in [0.25, 0.3) is 0 Å². The zero-order valence-electron chi connectivity index (χ0n) is 11.9. The minimum Gasteiger partial charge on any atom is -0.326 e. The summed E-state index contributed by atoms with van der Waals surface area (Å²) in [5.41, 5.74) is 2.11. The molecule has 1 aromatic rings. The third-order valence-electron chi connectivity index (χ3n) is 4.06. The minimum absolute atomic E-state index is 0.189. The van der Waals surface area contributed by atoms with E-state index in [0.717, 1.165) is 18.5 Å². The molecule has 1 saturated carbocycles. The Labute approximate surface area is 115 Å². The van der Waals surface area contributed by atoms with Crippen molar-refractivity contribution in [3.05, 3.63) is 29.8 Å². The number of carbonyl (C=O) groups excluding carboxylic acids is 1. The number of carbonyl (C=O) groups is 1. The zero-order valence-corrected chi connectivity index (χ0v) is 11.9. The molecule has 1 aliphatic carbocycles. The molecule has 1 atom stereocenters. The van der Waals surface area contributed by atoms with Crippen molar-refractivity contribution in [1.82, 2.24) is 5.32 Å². The van der Waals surface area contributed by atoms with Crippen LogP contribution in [-0.4, -0.2) is 13.0 Å². The molecule has 0 bridgehead atoms. The van der Waals surface area contributed by atoms with Gasteiger partial charge in [-0.25, -0.2) is 0 Å². The highest BCUT2D eigenvalue weighted by Crippen LogP contribution is 2.25. The first-order valence-corrected chi connectivity index (χ1v) is 7.29. The lowest BCUT2D eigenvalue weighted by molar-refractivity contribution is -0.120. The number of anilines is 1. The molecule has 19 heavy (non-hydrogen) atoms. The summed E-state index contributed by atoms with van der Waals surface area (Å²) in [4.78, 5) is 12.2. The highest BCUT2D eigenvalue weighted by molar-refractivity contribution is 5.92. The number of hydrogen-bond acceptors (Lipinski definition) is 2. The smallest absolute Gasteiger partial charge is 0.227 e. The Morgan fingerprint density at radius 3 is 2.68 bits per heavy atom. The quantitative estimate of drug-likeness (QED) is 0.870. The second-order valence-electron chi connectivity index (χ2n) is 5.46. The Morgan fingerprint density at radius 2 is 2.00 bits per heavy atom. The molecule has 0 heterocycles. The van der Waals surface area contributed by atoms with Gasteiger partial charge in [0.05, 0.1) is 0 Å². The summed E-state index contributed by atoms with van der Waals surface area (Å²) in [6.45, 7) is 2.11. The van der Waals surface area contributed by atoms with Crippen LogP contribution in [0.2, 0.25) is 0 Å². The molecule has 0 aromatic heterocycles. The maximum Gasteiger partial charge on any atom is 0.227 e. The Morgan fingerprint density at radius 1 is 1.26 bits per heavy atom. The van der Waals surface area contributed by atoms with Gasteiger partial charge in [-0.15, -0.1) is 0 Å². The van der Waals surface area contributed by atoms with E-state index in [1.54, 1.807) is 0 Å². The maximum absolute atomic E-state index is 12.2. The summed E-state index contributed by atoms with van der Waals surface area (Å²) in [7, 11) is 1.94. The van der Waals surface area contributed by atoms with Gasteiger partial charge in [-0.05, 0) is 44.5 Å². The number of benzene rings is 1. The Bertz CT molecular complexity index is 425. The molecule has 104 valence electrons. The van der Waals surface area contributed by atoms with Crippen LogP contribution >= 0.6 is 0 Å². The lowest BCUT2D eigenvalue weighted by atomic mass is 9.88. The number of amides is 1. The van der Waals surface area contributed by atoms with Gasteiger partial charge in [0.1, 0.15) is 0 Å². The van der Waals surface area contributed by atoms with Crippen LogP contribution in [0.4, 0.5) is 5.69 Å². The van der Waals surface area contributed by atoms with Crippen molar-refractivity contribution in [2.24, 2.45) is 5.92 Å². The van der Waals surface area contributed by atoms with Crippen molar-refractivity contribution in [3.63, 3.8) is 0 Å². The second kappa shape index (κ2) is 6.71. The summed E-state index contributed by atoms with van der Waals surface area (Å²) in [5.74, 6) is 0.396. The van der Waals surface area contributed by atoms with Crippen molar-refractivity contribution in [2.45, 2.75) is 45.1 Å². The van der Waals surface area contributed by atoms with Crippen LogP contribution in [0, 0.1) is 5.92 Å². The topological polar surface area (TPSA) is 41.1 Å². The van der Waals surface area contributed by atoms with E-state index in [1.165, 1.54) is 24.8 Å². The highest BCUT2D eigenvalue weighted by atomic mass is 16.1. The molecule has 3 nitrogen and oxygen atoms in total. The van der Waals surface area contributed by atoms with E-state index >= 15 is 0 Å². The first-order valence-electron chi connectivity index (χ1n) is 7.29. The molecule has 2 N–H and O–H groups in total. The summed E-state index contributed by atoms with van der Waals surface area (Å²) >= 11 is 0. The van der Waals surface area contributed by atoms with Crippen molar-refractivity contribution >= 4 is 11.6 Å². The molecule has 1 amide bonds. The first-order chi connectivity index (χ1) is 9.20. The van der Waals surface area contributed by atoms with Crippen LogP contribution in [0.3, 0.4) is 0 Å². The van der Waals surface area contributed by atoms with Crippen molar-refractivity contribution < 1.29 is 4.79 Å². The van der Waals surface area contributed by atoms with Gasteiger partial charge in [-0.3, -0.25) is 4.79 Å². The van der Waals surface area contributed by atoms with Gasteiger partial charge in [-0.2, -0.15) is 0 Å². The Balaban J connectivity index is 2.00. The summed E-state index contributed by atoms with van der Waals surface area (Å²) in [6, 6.07) is 8.40. The van der Waals surface area contributed by atoms with Crippen LogP contribution in [-0.2, 0) is 4.79 Å². The molecule has 3 heteroatoms. The van der Waals surface area contributed by atoms with Crippen molar-refractivity contribution in [1.29, 1.82) is 0 Å². The van der Waals surface area contributed by atoms with Gasteiger partial charge in [0.25, 0.3) is 0 Å². The van der Waals surface area contributed by atoms with E-state index in [2.05, 4.69) is 29.7 Å². The Hall–Kier alpha value is -1.35. The first kappa shape index (κ1) is 14.1. The molecule has 1 unspecified atom stereocenters. The molecule has 0 aliphatic heterocycles. The maximum atomic E-state index is 12.2. The fourth-order valence-corrected chi connectivity index (χ4v) is 2.66. The average molecular weight is 260 g/mol. The zero-order chi connectivity index (χ0) is 13.7. The van der Waals surface area contributed by atoms with Gasteiger partial charge in [0.15, 0.2) is 0 Å². The van der Waals surface area contributed by atoms with Gasteiger partial charge < -0.3 is 10.6 Å². The van der Waals surface area contributed by atoms with E-state index in [-0.39, 0.29) is 11.8 Å². The molecule has 1 aliphatic rings. The van der Waals surface area contributed by atoms with Gasteiger partial charge in [0.2, 0.25) is 5.91 Å². The third kappa shape index (κ3) is 3.80. The largest absolute Gasteiger partial charge is 0.326 e. The molecule has 0 spiro atoms. The van der Waals surface area contributed by atoms with Gasteiger partial charge in [0, 0.05) is 17.6 Å². The lowest BCUT2D eigenvalue weighted by Crippen LogP contribution is -2.24. The van der Waals surface area contributed by atoms with Crippen molar-refractivity contribution in [3.8, 4) is 0 Å². The SMILES string of the molecule is CNC(C)c1cccc(NC(=O)C2CCCCC2)c1. The molecule has 0 radical (unpaired) electrons. The van der Waals surface area contributed by atoms with Gasteiger partial charge >= 0.3 is 0 Å². The summed E-state index contributed by atoms with van der Waals surface area (Å²) < 4.78 is 0. The molecular formula is C16H24N2O. The van der Waals surface area contributed by atoms with Gasteiger partial charge in [-0.1, -0.05) is 31.4 Å². The average Bonchev–Trinajstić information content (AvgIpc) is 2.47. The van der Waals surface area contributed by atoms with E-state index in [9.17, 15) is 4.79 Å². The number of rotatable bonds is 4. The molecular weight excluding hydrogens is 236 g/mol. The molecule has 1 aromatic carbocycles. The highest BCUT2D eigenvalue weighted by Gasteiger charge is 2.21. The Kier molecular flexibility index (Phi) is 4.97. The number of hydrogen-bond donors (Lipinski definition) is 2. The van der Waals surface area contributed by atoms with Crippen LogP contribution in [0.15, 0.2) is 24.3 Å². The minimum atomic E-state index is 0.189. The normalized spacial score (nSPS) is 18.0. The molecule has 1 fully saturated rings. The van der Waals surface area contributed by atoms with Crippen LogP contribution < -0.4 is 10.6 Å². The predicted molar refractivity (Wildman–Crippen MR) is 79.1 cm³/mol. The van der Waals surface area contributed by atoms with Crippen LogP contribution in [0.1, 0.15) is 50.6 Å². The van der Waals surface area contributed by atoms with E-state index in [1.807, 2.05) is 19.2 Å². The third-order valence-corrected chi connectivity index (χ3v) is 4.06. The fourth-order valence-electron chi connectivity index (χ4n) is 2.66. The number of nitrogens with one attached hydrogen (secondary N) is 2. The standard InChI is InChI=1S/C16H24N2O/c1-12(17-2)14-9-6-10-15(11-14)18-16(19)13-7-4-3-5-8-13/h6,9-13,17H,3-5,7-8H2,1-2H3,(H,18,19). The van der Waals surface area contributed by atoms with Crippen LogP contribution in [0.5, 0.6) is 0 Å². The molecule has 2 rings (SSSR count). The monoisotopic (exact) mass is 260 g/mol. The predicted octanol–water partition coefficient (Wildman–Crippen LogP) is 3.49. The lowest BCUT2D eigenvalue weighted by Gasteiger charge is -2.21. The summed E-state index contributed by atoms with van der Waals surface area (Å²) in [5, 5.41) is 6.28. The second-order valence-corrected chi connectivity index (χ2v) is 5.46. The van der Waals surface area contributed by atoms with E-state index in [4.69, 9.17) is 0 Å². The fraction of sp³-hybridized carbons (Fsp3) is 0.562. The molecule has 0 saturated heterocycles.